The molecule has 1 aromatic heterocycles. The van der Waals surface area contributed by atoms with Crippen LogP contribution in [0.3, 0.4) is 0 Å². The van der Waals surface area contributed by atoms with Crippen molar-refractivity contribution in [3.05, 3.63) is 53.9 Å². The Bertz CT molecular complexity index is 766. The van der Waals surface area contributed by atoms with Crippen LogP contribution in [0, 0.1) is 6.92 Å². The van der Waals surface area contributed by atoms with Crippen molar-refractivity contribution >= 4 is 5.69 Å². The fraction of sp³-hybridized carbons (Fsp3) is 0.500. The first kappa shape index (κ1) is 18.3. The Labute approximate surface area is 161 Å². The third-order valence-corrected chi connectivity index (χ3v) is 5.93. The van der Waals surface area contributed by atoms with Crippen molar-refractivity contribution in [2.45, 2.75) is 18.8 Å². The van der Waals surface area contributed by atoms with Crippen LogP contribution < -0.4 is 9.64 Å². The molecule has 144 valence electrons. The topological polar surface area (TPSA) is 37.8 Å². The van der Waals surface area contributed by atoms with Crippen molar-refractivity contribution in [3.8, 4) is 5.75 Å². The highest BCUT2D eigenvalue weighted by Gasteiger charge is 2.39. The zero-order valence-corrected chi connectivity index (χ0v) is 16.4. The van der Waals surface area contributed by atoms with Crippen molar-refractivity contribution in [1.82, 2.24) is 9.88 Å². The Morgan fingerprint density at radius 3 is 2.70 bits per heavy atom. The lowest BCUT2D eigenvalue weighted by molar-refractivity contribution is 0.147. The highest BCUT2D eigenvalue weighted by Crippen LogP contribution is 2.36. The maximum absolute atomic E-state index is 5.85. The van der Waals surface area contributed by atoms with E-state index in [1.807, 2.05) is 12.3 Å². The van der Waals surface area contributed by atoms with Crippen molar-refractivity contribution in [1.29, 1.82) is 0 Å². The summed E-state index contributed by atoms with van der Waals surface area (Å²) in [5.41, 5.74) is 3.78. The molecule has 5 nitrogen and oxygen atoms in total. The molecule has 0 radical (unpaired) electrons. The van der Waals surface area contributed by atoms with Gasteiger partial charge in [-0.1, -0.05) is 12.1 Å². The molecular weight excluding hydrogens is 338 g/mol. The van der Waals surface area contributed by atoms with Gasteiger partial charge in [-0.25, -0.2) is 0 Å². The second kappa shape index (κ2) is 7.87. The van der Waals surface area contributed by atoms with E-state index in [-0.39, 0.29) is 5.41 Å². The molecule has 0 bridgehead atoms. The molecule has 2 fully saturated rings. The van der Waals surface area contributed by atoms with E-state index >= 15 is 0 Å². The highest BCUT2D eigenvalue weighted by atomic mass is 16.5. The summed E-state index contributed by atoms with van der Waals surface area (Å²) in [6.07, 6.45) is 2.98. The molecule has 0 spiro atoms. The molecule has 0 aliphatic carbocycles. The monoisotopic (exact) mass is 367 g/mol. The van der Waals surface area contributed by atoms with E-state index in [1.54, 1.807) is 7.11 Å². The van der Waals surface area contributed by atoms with Gasteiger partial charge in [0.25, 0.3) is 0 Å². The summed E-state index contributed by atoms with van der Waals surface area (Å²) < 4.78 is 11.3. The number of anilines is 1. The summed E-state index contributed by atoms with van der Waals surface area (Å²) in [4.78, 5) is 9.38. The third kappa shape index (κ3) is 3.94. The molecule has 1 aromatic carbocycles. The quantitative estimate of drug-likeness (QED) is 0.812. The van der Waals surface area contributed by atoms with Gasteiger partial charge in [0.1, 0.15) is 5.75 Å². The van der Waals surface area contributed by atoms with Crippen LogP contribution in [0.25, 0.3) is 0 Å². The number of rotatable bonds is 5. The number of benzene rings is 1. The van der Waals surface area contributed by atoms with Gasteiger partial charge in [-0.3, -0.25) is 9.88 Å². The second-order valence-corrected chi connectivity index (χ2v) is 7.73. The first-order valence-corrected chi connectivity index (χ1v) is 9.81. The first-order valence-electron chi connectivity index (χ1n) is 9.81. The predicted molar refractivity (Wildman–Crippen MR) is 108 cm³/mol. The standard InChI is InChI=1S/C22H29N3O2/c1-18-14-20(6-8-23-18)25-11-9-24(10-12-25)16-22(7-13-27-17-22)19-4-3-5-21(15-19)26-2/h3-6,8,14-15H,7,9-13,16-17H2,1-2H3/t22-/m1/s1. The van der Waals surface area contributed by atoms with Gasteiger partial charge in [0.05, 0.1) is 13.7 Å². The number of pyridine rings is 1. The number of piperazine rings is 1. The van der Waals surface area contributed by atoms with Gasteiger partial charge in [0.15, 0.2) is 0 Å². The van der Waals surface area contributed by atoms with Crippen LogP contribution in [0.2, 0.25) is 0 Å². The molecule has 0 N–H and O–H groups in total. The van der Waals surface area contributed by atoms with Gasteiger partial charge in [0, 0.05) is 62.3 Å². The molecular formula is C22H29N3O2. The Morgan fingerprint density at radius 1 is 1.15 bits per heavy atom. The van der Waals surface area contributed by atoms with E-state index in [1.165, 1.54) is 11.3 Å². The number of ether oxygens (including phenoxy) is 2. The van der Waals surface area contributed by atoms with Crippen molar-refractivity contribution in [3.63, 3.8) is 0 Å². The predicted octanol–water partition coefficient (Wildman–Crippen LogP) is 2.88. The molecule has 5 heteroatoms. The van der Waals surface area contributed by atoms with Crippen LogP contribution in [0.1, 0.15) is 17.7 Å². The summed E-state index contributed by atoms with van der Waals surface area (Å²) in [5.74, 6) is 0.927. The lowest BCUT2D eigenvalue weighted by atomic mass is 9.79. The molecule has 0 saturated carbocycles. The number of hydrogen-bond acceptors (Lipinski definition) is 5. The fourth-order valence-corrected chi connectivity index (χ4v) is 4.32. The molecule has 1 atom stereocenters. The normalized spacial score (nSPS) is 23.6. The molecule has 2 saturated heterocycles. The lowest BCUT2D eigenvalue weighted by Gasteiger charge is -2.40. The molecule has 0 amide bonds. The van der Waals surface area contributed by atoms with E-state index < -0.39 is 0 Å². The molecule has 3 heterocycles. The van der Waals surface area contributed by atoms with Crippen LogP contribution >= 0.6 is 0 Å². The van der Waals surface area contributed by atoms with Gasteiger partial charge in [0.2, 0.25) is 0 Å². The number of methoxy groups -OCH3 is 1. The SMILES string of the molecule is COc1cccc([C@@]2(CN3CCN(c4ccnc(C)c4)CC3)CCOC2)c1. The zero-order chi connectivity index (χ0) is 18.7. The van der Waals surface area contributed by atoms with Gasteiger partial charge < -0.3 is 14.4 Å². The lowest BCUT2D eigenvalue weighted by Crippen LogP contribution is -2.51. The average Bonchev–Trinajstić information content (AvgIpc) is 3.18. The van der Waals surface area contributed by atoms with Crippen LogP contribution in [-0.2, 0) is 10.2 Å². The average molecular weight is 367 g/mol. The fourth-order valence-electron chi connectivity index (χ4n) is 4.32. The van der Waals surface area contributed by atoms with Gasteiger partial charge >= 0.3 is 0 Å². The molecule has 4 rings (SSSR count). The Hall–Kier alpha value is -2.11. The minimum Gasteiger partial charge on any atom is -0.497 e. The molecule has 2 aliphatic heterocycles. The smallest absolute Gasteiger partial charge is 0.119 e. The van der Waals surface area contributed by atoms with Crippen LogP contribution in [0.5, 0.6) is 5.75 Å². The second-order valence-electron chi connectivity index (χ2n) is 7.73. The summed E-state index contributed by atoms with van der Waals surface area (Å²) >= 11 is 0. The van der Waals surface area contributed by atoms with Crippen molar-refractivity contribution < 1.29 is 9.47 Å². The van der Waals surface area contributed by atoms with E-state index in [2.05, 4.69) is 52.0 Å². The van der Waals surface area contributed by atoms with Crippen molar-refractivity contribution in [2.24, 2.45) is 0 Å². The van der Waals surface area contributed by atoms with E-state index in [4.69, 9.17) is 9.47 Å². The summed E-state index contributed by atoms with van der Waals surface area (Å²) in [6.45, 7) is 9.00. The first-order chi connectivity index (χ1) is 13.2. The van der Waals surface area contributed by atoms with Crippen LogP contribution in [0.4, 0.5) is 5.69 Å². The van der Waals surface area contributed by atoms with E-state index in [0.29, 0.717) is 0 Å². The molecule has 2 aromatic rings. The maximum atomic E-state index is 5.85. The molecule has 2 aliphatic rings. The zero-order valence-electron chi connectivity index (χ0n) is 16.4. The maximum Gasteiger partial charge on any atom is 0.119 e. The molecule has 0 unspecified atom stereocenters. The van der Waals surface area contributed by atoms with Gasteiger partial charge in [-0.15, -0.1) is 0 Å². The van der Waals surface area contributed by atoms with Gasteiger partial charge in [-0.2, -0.15) is 0 Å². The van der Waals surface area contributed by atoms with E-state index in [9.17, 15) is 0 Å². The van der Waals surface area contributed by atoms with Crippen LogP contribution in [-0.4, -0.2) is 62.9 Å². The van der Waals surface area contributed by atoms with E-state index in [0.717, 1.165) is 63.8 Å². The minimum absolute atomic E-state index is 0.0734. The number of aryl methyl sites for hydroxylation is 1. The summed E-state index contributed by atoms with van der Waals surface area (Å²) in [6, 6.07) is 12.8. The Balaban J connectivity index is 1.44. The number of aromatic nitrogens is 1. The largest absolute Gasteiger partial charge is 0.497 e. The molecule has 27 heavy (non-hydrogen) atoms. The third-order valence-electron chi connectivity index (χ3n) is 5.93. The summed E-state index contributed by atoms with van der Waals surface area (Å²) in [7, 11) is 1.73. The minimum atomic E-state index is 0.0734. The number of nitrogens with zero attached hydrogens (tertiary/aromatic N) is 3. The number of hydrogen-bond donors (Lipinski definition) is 0. The Kier molecular flexibility index (Phi) is 5.32. The van der Waals surface area contributed by atoms with Crippen LogP contribution in [0.15, 0.2) is 42.6 Å². The highest BCUT2D eigenvalue weighted by molar-refractivity contribution is 5.46. The Morgan fingerprint density at radius 2 is 2.00 bits per heavy atom. The summed E-state index contributed by atoms with van der Waals surface area (Å²) in [5, 5.41) is 0. The van der Waals surface area contributed by atoms with Gasteiger partial charge in [-0.05, 0) is 43.2 Å². The van der Waals surface area contributed by atoms with Crippen molar-refractivity contribution in [2.75, 3.05) is 57.9 Å².